The van der Waals surface area contributed by atoms with Gasteiger partial charge in [0.25, 0.3) is 5.91 Å². The van der Waals surface area contributed by atoms with Gasteiger partial charge in [-0.3, -0.25) is 9.69 Å². The van der Waals surface area contributed by atoms with Gasteiger partial charge in [0.05, 0.1) is 23.8 Å². The minimum atomic E-state index is -0.0883. The Bertz CT molecular complexity index is 1220. The average molecular weight is 463 g/mol. The van der Waals surface area contributed by atoms with E-state index in [1.165, 1.54) is 0 Å². The first-order chi connectivity index (χ1) is 16.2. The number of aromatic nitrogens is 3. The largest absolute Gasteiger partial charge is 0.379 e. The van der Waals surface area contributed by atoms with Crippen LogP contribution in [0.4, 0.5) is 11.6 Å². The third-order valence-electron chi connectivity index (χ3n) is 5.59. The molecule has 170 valence electrons. The Kier molecular flexibility index (Phi) is 6.61. The highest BCUT2D eigenvalue weighted by Crippen LogP contribution is 2.25. The molecular formula is C24H26N6O2S. The molecule has 3 N–H and O–H groups in total. The highest BCUT2D eigenvalue weighted by atomic mass is 32.1. The van der Waals surface area contributed by atoms with Crippen LogP contribution in [0.5, 0.6) is 0 Å². The molecule has 1 saturated heterocycles. The zero-order valence-electron chi connectivity index (χ0n) is 18.2. The summed E-state index contributed by atoms with van der Waals surface area (Å²) in [7, 11) is 0. The quantitative estimate of drug-likeness (QED) is 0.344. The van der Waals surface area contributed by atoms with Gasteiger partial charge in [0, 0.05) is 42.4 Å². The lowest BCUT2D eigenvalue weighted by atomic mass is 10.2. The van der Waals surface area contributed by atoms with Gasteiger partial charge in [-0.25, -0.2) is 9.97 Å². The Balaban J connectivity index is 1.20. The molecule has 0 saturated carbocycles. The van der Waals surface area contributed by atoms with Gasteiger partial charge in [-0.1, -0.05) is 6.07 Å². The second-order valence-electron chi connectivity index (χ2n) is 7.92. The predicted octanol–water partition coefficient (Wildman–Crippen LogP) is 3.88. The maximum Gasteiger partial charge on any atom is 0.267 e. The molecule has 0 bridgehead atoms. The average Bonchev–Trinajstić information content (AvgIpc) is 3.53. The van der Waals surface area contributed by atoms with Crippen LogP contribution >= 0.6 is 11.3 Å². The number of H-pyrrole nitrogens is 1. The molecule has 0 unspecified atom stereocenters. The van der Waals surface area contributed by atoms with Crippen molar-refractivity contribution in [2.24, 2.45) is 0 Å². The van der Waals surface area contributed by atoms with E-state index in [4.69, 9.17) is 4.74 Å². The lowest BCUT2D eigenvalue weighted by molar-refractivity contribution is 0.0374. The van der Waals surface area contributed by atoms with Crippen molar-refractivity contribution in [1.82, 2.24) is 25.2 Å². The van der Waals surface area contributed by atoms with E-state index < -0.39 is 0 Å². The Morgan fingerprint density at radius 1 is 1.18 bits per heavy atom. The Labute approximate surface area is 196 Å². The number of carbonyl (C=O) groups is 1. The standard InChI is InChI=1S/C24H26N6O2S/c31-23(25-7-2-9-30-10-12-32-13-11-30)21-16-17-15-18(4-5-19(17)28-21)27-24-26-8-6-20(29-24)22-3-1-14-33-22/h1,3-6,8,14-16,28H,2,7,9-13H2,(H,25,31)(H,26,27,29). The van der Waals surface area contributed by atoms with Gasteiger partial charge < -0.3 is 20.4 Å². The first kappa shape index (κ1) is 21.6. The van der Waals surface area contributed by atoms with Gasteiger partial charge in [-0.05, 0) is 54.7 Å². The van der Waals surface area contributed by atoms with Gasteiger partial charge in [0.15, 0.2) is 0 Å². The third kappa shape index (κ3) is 5.39. The van der Waals surface area contributed by atoms with Gasteiger partial charge in [0.1, 0.15) is 5.69 Å². The number of carbonyl (C=O) groups excluding carboxylic acids is 1. The summed E-state index contributed by atoms with van der Waals surface area (Å²) in [5.41, 5.74) is 3.22. The number of nitrogens with zero attached hydrogens (tertiary/aromatic N) is 3. The molecule has 3 aromatic heterocycles. The molecule has 4 aromatic rings. The molecule has 1 aliphatic rings. The van der Waals surface area contributed by atoms with E-state index in [-0.39, 0.29) is 5.91 Å². The maximum absolute atomic E-state index is 12.6. The number of ether oxygens (including phenoxy) is 1. The van der Waals surface area contributed by atoms with Crippen molar-refractivity contribution in [3.63, 3.8) is 0 Å². The third-order valence-corrected chi connectivity index (χ3v) is 6.48. The molecule has 9 heteroatoms. The van der Waals surface area contributed by atoms with Crippen LogP contribution < -0.4 is 10.6 Å². The highest BCUT2D eigenvalue weighted by Gasteiger charge is 2.12. The molecule has 1 aromatic carbocycles. The predicted molar refractivity (Wildman–Crippen MR) is 131 cm³/mol. The molecular weight excluding hydrogens is 436 g/mol. The van der Waals surface area contributed by atoms with E-state index in [2.05, 4.69) is 30.5 Å². The molecule has 4 heterocycles. The van der Waals surface area contributed by atoms with Crippen molar-refractivity contribution in [2.75, 3.05) is 44.7 Å². The van der Waals surface area contributed by atoms with Crippen LogP contribution in [0, 0.1) is 0 Å². The van der Waals surface area contributed by atoms with Crippen molar-refractivity contribution in [3.8, 4) is 10.6 Å². The minimum absolute atomic E-state index is 0.0883. The number of morpholine rings is 1. The van der Waals surface area contributed by atoms with Crippen molar-refractivity contribution >= 4 is 39.8 Å². The van der Waals surface area contributed by atoms with E-state index in [0.717, 1.165) is 66.4 Å². The number of hydrogen-bond donors (Lipinski definition) is 3. The van der Waals surface area contributed by atoms with Crippen LogP contribution in [0.2, 0.25) is 0 Å². The second kappa shape index (κ2) is 10.1. The summed E-state index contributed by atoms with van der Waals surface area (Å²) in [6.07, 6.45) is 2.67. The SMILES string of the molecule is O=C(NCCCN1CCOCC1)c1cc2cc(Nc3nccc(-c4cccs4)n3)ccc2[nH]1. The normalized spacial score (nSPS) is 14.4. The summed E-state index contributed by atoms with van der Waals surface area (Å²) in [5.74, 6) is 0.448. The summed E-state index contributed by atoms with van der Waals surface area (Å²) >= 11 is 1.64. The van der Waals surface area contributed by atoms with Crippen LogP contribution in [0.1, 0.15) is 16.9 Å². The number of thiophene rings is 1. The number of anilines is 2. The molecule has 0 atom stereocenters. The van der Waals surface area contributed by atoms with Crippen molar-refractivity contribution in [3.05, 3.63) is 59.7 Å². The molecule has 1 amide bonds. The Hall–Kier alpha value is -3.27. The van der Waals surface area contributed by atoms with Crippen LogP contribution in [0.15, 0.2) is 54.0 Å². The Morgan fingerprint density at radius 2 is 2.09 bits per heavy atom. The van der Waals surface area contributed by atoms with Crippen LogP contribution in [-0.4, -0.2) is 65.2 Å². The number of fused-ring (bicyclic) bond motifs is 1. The minimum Gasteiger partial charge on any atom is -0.379 e. The summed E-state index contributed by atoms with van der Waals surface area (Å²) < 4.78 is 5.37. The van der Waals surface area contributed by atoms with Crippen LogP contribution in [0.25, 0.3) is 21.5 Å². The van der Waals surface area contributed by atoms with Gasteiger partial charge in [-0.15, -0.1) is 11.3 Å². The topological polar surface area (TPSA) is 95.2 Å². The zero-order valence-corrected chi connectivity index (χ0v) is 19.0. The molecule has 8 nitrogen and oxygen atoms in total. The molecule has 0 spiro atoms. The number of hydrogen-bond acceptors (Lipinski definition) is 7. The van der Waals surface area contributed by atoms with E-state index >= 15 is 0 Å². The lowest BCUT2D eigenvalue weighted by Gasteiger charge is -2.26. The molecule has 33 heavy (non-hydrogen) atoms. The fourth-order valence-corrected chi connectivity index (χ4v) is 4.56. The zero-order chi connectivity index (χ0) is 22.5. The van der Waals surface area contributed by atoms with E-state index in [1.807, 2.05) is 47.8 Å². The summed E-state index contributed by atoms with van der Waals surface area (Å²) in [4.78, 5) is 28.2. The molecule has 1 aliphatic heterocycles. The number of benzene rings is 1. The van der Waals surface area contributed by atoms with Crippen LogP contribution in [-0.2, 0) is 4.74 Å². The maximum atomic E-state index is 12.6. The summed E-state index contributed by atoms with van der Waals surface area (Å²) in [5, 5.41) is 9.26. The van der Waals surface area contributed by atoms with E-state index in [0.29, 0.717) is 18.2 Å². The highest BCUT2D eigenvalue weighted by molar-refractivity contribution is 7.13. The smallest absolute Gasteiger partial charge is 0.267 e. The van der Waals surface area contributed by atoms with E-state index in [9.17, 15) is 4.79 Å². The molecule has 1 fully saturated rings. The number of nitrogens with one attached hydrogen (secondary N) is 3. The fraction of sp³-hybridized carbons (Fsp3) is 0.292. The number of rotatable bonds is 8. The fourth-order valence-electron chi connectivity index (χ4n) is 3.87. The van der Waals surface area contributed by atoms with E-state index in [1.54, 1.807) is 17.5 Å². The van der Waals surface area contributed by atoms with Crippen molar-refractivity contribution in [2.45, 2.75) is 6.42 Å². The molecule has 5 rings (SSSR count). The second-order valence-corrected chi connectivity index (χ2v) is 8.86. The van der Waals surface area contributed by atoms with Crippen molar-refractivity contribution < 1.29 is 9.53 Å². The number of amides is 1. The van der Waals surface area contributed by atoms with Crippen LogP contribution in [0.3, 0.4) is 0 Å². The first-order valence-corrected chi connectivity index (χ1v) is 12.0. The summed E-state index contributed by atoms with van der Waals surface area (Å²) in [6.45, 7) is 5.15. The Morgan fingerprint density at radius 3 is 2.94 bits per heavy atom. The van der Waals surface area contributed by atoms with Gasteiger partial charge in [-0.2, -0.15) is 0 Å². The van der Waals surface area contributed by atoms with Gasteiger partial charge >= 0.3 is 0 Å². The lowest BCUT2D eigenvalue weighted by Crippen LogP contribution is -2.38. The molecule has 0 aliphatic carbocycles. The van der Waals surface area contributed by atoms with Crippen molar-refractivity contribution in [1.29, 1.82) is 0 Å². The molecule has 0 radical (unpaired) electrons. The summed E-state index contributed by atoms with van der Waals surface area (Å²) in [6, 6.07) is 13.7. The number of aromatic amines is 1. The monoisotopic (exact) mass is 462 g/mol. The first-order valence-electron chi connectivity index (χ1n) is 11.1. The van der Waals surface area contributed by atoms with Gasteiger partial charge in [0.2, 0.25) is 5.95 Å².